The standard InChI is InChI=1S/C19H11BBrNO2/c20-22-11-14(21)17(23)16-15(12-7-3-1-4-8-12)18(24-19(16)22)13-9-5-2-6-10-13/h1-11H. The van der Waals surface area contributed by atoms with Gasteiger partial charge in [-0.1, -0.05) is 60.7 Å². The molecular weight excluding hydrogens is 365 g/mol. The van der Waals surface area contributed by atoms with E-state index in [0.29, 0.717) is 21.3 Å². The summed E-state index contributed by atoms with van der Waals surface area (Å²) >= 11 is 3.28. The number of aromatic nitrogens is 1. The second-order valence-electron chi connectivity index (χ2n) is 5.43. The van der Waals surface area contributed by atoms with Crippen LogP contribution in [0.4, 0.5) is 0 Å². The number of fused-ring (bicyclic) bond motifs is 1. The molecule has 0 saturated carbocycles. The number of nitrogens with zero attached hydrogens (tertiary/aromatic N) is 1. The minimum atomic E-state index is -0.142. The Morgan fingerprint density at radius 3 is 2.12 bits per heavy atom. The van der Waals surface area contributed by atoms with Gasteiger partial charge in [0.2, 0.25) is 13.4 Å². The van der Waals surface area contributed by atoms with Crippen LogP contribution in [0.25, 0.3) is 33.6 Å². The molecule has 0 aliphatic rings. The van der Waals surface area contributed by atoms with E-state index in [-0.39, 0.29) is 5.43 Å². The van der Waals surface area contributed by atoms with Crippen LogP contribution in [0, 0.1) is 0 Å². The van der Waals surface area contributed by atoms with Gasteiger partial charge in [-0.15, -0.1) is 0 Å². The van der Waals surface area contributed by atoms with E-state index >= 15 is 0 Å². The van der Waals surface area contributed by atoms with E-state index in [4.69, 9.17) is 12.4 Å². The van der Waals surface area contributed by atoms with Gasteiger partial charge in [-0.05, 0) is 21.5 Å². The molecular formula is C19H11BBrNO2. The average molecular weight is 376 g/mol. The van der Waals surface area contributed by atoms with Crippen LogP contribution in [0.2, 0.25) is 0 Å². The van der Waals surface area contributed by atoms with E-state index in [1.807, 2.05) is 60.7 Å². The van der Waals surface area contributed by atoms with Gasteiger partial charge in [-0.25, -0.2) is 0 Å². The number of hydrogen-bond acceptors (Lipinski definition) is 2. The lowest BCUT2D eigenvalue weighted by molar-refractivity contribution is 0.613. The van der Waals surface area contributed by atoms with Crippen molar-refractivity contribution >= 4 is 35.0 Å². The number of benzene rings is 2. The third kappa shape index (κ3) is 2.32. The Kier molecular flexibility index (Phi) is 3.66. The van der Waals surface area contributed by atoms with Crippen LogP contribution in [0.3, 0.4) is 0 Å². The highest BCUT2D eigenvalue weighted by molar-refractivity contribution is 9.10. The molecule has 0 aliphatic carbocycles. The van der Waals surface area contributed by atoms with Crippen molar-refractivity contribution in [1.29, 1.82) is 0 Å². The minimum Gasteiger partial charge on any atom is -0.440 e. The zero-order chi connectivity index (χ0) is 16.7. The van der Waals surface area contributed by atoms with Gasteiger partial charge in [0.15, 0.2) is 5.71 Å². The quantitative estimate of drug-likeness (QED) is 0.479. The van der Waals surface area contributed by atoms with Crippen molar-refractivity contribution < 1.29 is 4.42 Å². The predicted molar refractivity (Wildman–Crippen MR) is 100 cm³/mol. The Labute approximate surface area is 148 Å². The molecule has 0 fully saturated rings. The van der Waals surface area contributed by atoms with E-state index in [1.165, 1.54) is 10.7 Å². The predicted octanol–water partition coefficient (Wildman–Crippen LogP) is 4.62. The van der Waals surface area contributed by atoms with Crippen LogP contribution in [0.1, 0.15) is 0 Å². The summed E-state index contributed by atoms with van der Waals surface area (Å²) in [5, 5.41) is 0.469. The molecule has 0 atom stereocenters. The molecule has 0 aliphatic heterocycles. The van der Waals surface area contributed by atoms with Crippen LogP contribution in [-0.4, -0.2) is 12.5 Å². The number of pyridine rings is 1. The summed E-state index contributed by atoms with van der Waals surface area (Å²) in [7, 11) is 6.02. The molecule has 2 aromatic carbocycles. The maximum Gasteiger partial charge on any atom is 0.238 e. The Morgan fingerprint density at radius 1 is 0.917 bits per heavy atom. The summed E-state index contributed by atoms with van der Waals surface area (Å²) in [6, 6.07) is 19.4. The first-order valence-electron chi connectivity index (χ1n) is 7.40. The molecule has 2 aromatic heterocycles. The topological polar surface area (TPSA) is 35.1 Å². The van der Waals surface area contributed by atoms with Crippen LogP contribution in [-0.2, 0) is 0 Å². The Morgan fingerprint density at radius 2 is 1.50 bits per heavy atom. The number of hydrogen-bond donors (Lipinski definition) is 0. The van der Waals surface area contributed by atoms with Gasteiger partial charge in [0.05, 0.1) is 9.86 Å². The highest BCUT2D eigenvalue weighted by atomic mass is 79.9. The molecule has 4 aromatic rings. The molecule has 5 heteroatoms. The van der Waals surface area contributed by atoms with Gasteiger partial charge in [-0.2, -0.15) is 0 Å². The highest BCUT2D eigenvalue weighted by Crippen LogP contribution is 2.39. The lowest BCUT2D eigenvalue weighted by atomic mass is 9.99. The zero-order valence-electron chi connectivity index (χ0n) is 12.6. The highest BCUT2D eigenvalue weighted by Gasteiger charge is 2.22. The van der Waals surface area contributed by atoms with Gasteiger partial charge in [0.25, 0.3) is 0 Å². The van der Waals surface area contributed by atoms with Crippen molar-refractivity contribution in [2.75, 3.05) is 0 Å². The van der Waals surface area contributed by atoms with Crippen LogP contribution in [0.5, 0.6) is 0 Å². The normalized spacial score (nSPS) is 11.0. The molecule has 3 nitrogen and oxygen atoms in total. The van der Waals surface area contributed by atoms with Gasteiger partial charge in [0.1, 0.15) is 5.76 Å². The van der Waals surface area contributed by atoms with Gasteiger partial charge in [-0.3, -0.25) is 4.79 Å². The number of furan rings is 1. The zero-order valence-corrected chi connectivity index (χ0v) is 14.2. The van der Waals surface area contributed by atoms with E-state index < -0.39 is 0 Å². The summed E-state index contributed by atoms with van der Waals surface area (Å²) < 4.78 is 7.75. The van der Waals surface area contributed by atoms with Gasteiger partial charge >= 0.3 is 0 Å². The van der Waals surface area contributed by atoms with E-state index in [0.717, 1.165) is 16.7 Å². The van der Waals surface area contributed by atoms with Crippen LogP contribution >= 0.6 is 15.9 Å². The molecule has 0 saturated heterocycles. The molecule has 24 heavy (non-hydrogen) atoms. The van der Waals surface area contributed by atoms with Crippen molar-refractivity contribution in [3.63, 3.8) is 0 Å². The van der Waals surface area contributed by atoms with E-state index in [2.05, 4.69) is 15.9 Å². The molecule has 0 bridgehead atoms. The molecule has 114 valence electrons. The summed E-state index contributed by atoms with van der Waals surface area (Å²) in [5.41, 5.74) is 2.76. The first kappa shape index (κ1) is 15.0. The maximum absolute atomic E-state index is 12.7. The average Bonchev–Trinajstić information content (AvgIpc) is 3.02. The molecule has 0 spiro atoms. The van der Waals surface area contributed by atoms with E-state index in [9.17, 15) is 4.79 Å². The fraction of sp³-hybridized carbons (Fsp3) is 0. The fourth-order valence-corrected chi connectivity index (χ4v) is 3.26. The second-order valence-corrected chi connectivity index (χ2v) is 6.29. The monoisotopic (exact) mass is 375 g/mol. The smallest absolute Gasteiger partial charge is 0.238 e. The third-order valence-corrected chi connectivity index (χ3v) is 4.48. The summed E-state index contributed by atoms with van der Waals surface area (Å²) in [5.74, 6) is 0.631. The second kappa shape index (κ2) is 5.84. The largest absolute Gasteiger partial charge is 0.440 e. The Hall–Kier alpha value is -2.53. The fourth-order valence-electron chi connectivity index (χ4n) is 2.84. The molecule has 0 unspecified atom stereocenters. The van der Waals surface area contributed by atoms with Crippen molar-refractivity contribution in [2.45, 2.75) is 0 Å². The van der Waals surface area contributed by atoms with Crippen LogP contribution < -0.4 is 5.43 Å². The first-order chi connectivity index (χ1) is 11.7. The molecule has 2 heterocycles. The van der Waals surface area contributed by atoms with E-state index in [1.54, 1.807) is 0 Å². The molecule has 2 radical (unpaired) electrons. The third-order valence-electron chi connectivity index (χ3n) is 3.92. The van der Waals surface area contributed by atoms with Gasteiger partial charge in [0, 0.05) is 17.3 Å². The Bertz CT molecular complexity index is 1090. The minimum absolute atomic E-state index is 0.142. The summed E-state index contributed by atoms with van der Waals surface area (Å²) in [6.07, 6.45) is 1.51. The lowest BCUT2D eigenvalue weighted by Gasteiger charge is -2.03. The lowest BCUT2D eigenvalue weighted by Crippen LogP contribution is -2.08. The number of rotatable bonds is 2. The van der Waals surface area contributed by atoms with Crippen molar-refractivity contribution in [3.8, 4) is 22.5 Å². The molecule has 4 rings (SSSR count). The summed E-state index contributed by atoms with van der Waals surface area (Å²) in [6.45, 7) is 0. The SMILES string of the molecule is [B]n1cc(Br)c(=O)c2c(-c3ccccc3)c(-c3ccccc3)oc21. The Balaban J connectivity index is 2.19. The number of halogens is 1. The molecule has 0 N–H and O–H groups in total. The summed E-state index contributed by atoms with van der Waals surface area (Å²) in [4.78, 5) is 12.7. The molecule has 0 amide bonds. The van der Waals surface area contributed by atoms with Gasteiger partial charge < -0.3 is 8.90 Å². The maximum atomic E-state index is 12.7. The van der Waals surface area contributed by atoms with Crippen molar-refractivity contribution in [1.82, 2.24) is 4.48 Å². The van der Waals surface area contributed by atoms with Crippen LogP contribution in [0.15, 0.2) is 80.5 Å². The van der Waals surface area contributed by atoms with Crippen molar-refractivity contribution in [2.24, 2.45) is 0 Å². The first-order valence-corrected chi connectivity index (χ1v) is 8.19. The van der Waals surface area contributed by atoms with Crippen molar-refractivity contribution in [3.05, 3.63) is 81.6 Å².